The van der Waals surface area contributed by atoms with Crippen molar-refractivity contribution in [3.8, 4) is 16.3 Å². The van der Waals surface area contributed by atoms with Crippen LogP contribution in [0.3, 0.4) is 0 Å². The first-order valence-corrected chi connectivity index (χ1v) is 14.8. The molecule has 0 radical (unpaired) electrons. The molecule has 1 aliphatic carbocycles. The van der Waals surface area contributed by atoms with Crippen LogP contribution in [-0.2, 0) is 13.0 Å². The highest BCUT2D eigenvalue weighted by Gasteiger charge is 2.29. The summed E-state index contributed by atoms with van der Waals surface area (Å²) in [6.45, 7) is 2.17. The molecule has 0 spiro atoms. The molecule has 0 bridgehead atoms. The molecule has 2 aliphatic rings. The number of ether oxygens (including phenoxy) is 1. The summed E-state index contributed by atoms with van der Waals surface area (Å²) in [6.07, 6.45) is 3.38. The van der Waals surface area contributed by atoms with Gasteiger partial charge in [0.15, 0.2) is 0 Å². The molecule has 2 N–H and O–H groups in total. The summed E-state index contributed by atoms with van der Waals surface area (Å²) in [4.78, 5) is 30.6. The lowest BCUT2D eigenvalue weighted by atomic mass is 10.0. The number of rotatable bonds is 9. The van der Waals surface area contributed by atoms with Gasteiger partial charge in [-0.3, -0.25) is 4.79 Å². The fraction of sp³-hybridized carbons (Fsp3) is 0.400. The predicted octanol–water partition coefficient (Wildman–Crippen LogP) is 6.67. The topological polar surface area (TPSA) is 133 Å². The Morgan fingerprint density at radius 1 is 1.22 bits per heavy atom. The number of para-hydroxylation sites is 1. The number of methoxy groups -OCH3 is 1. The van der Waals surface area contributed by atoms with Crippen LogP contribution in [-0.4, -0.2) is 59.4 Å². The maximum Gasteiger partial charge on any atom is 0.404 e. The molecule has 2 aromatic carbocycles. The van der Waals surface area contributed by atoms with Gasteiger partial charge >= 0.3 is 6.09 Å². The van der Waals surface area contributed by atoms with Crippen molar-refractivity contribution in [2.45, 2.75) is 44.7 Å². The van der Waals surface area contributed by atoms with Gasteiger partial charge in [-0.15, -0.1) is 11.3 Å². The predicted molar refractivity (Wildman–Crippen MR) is 160 cm³/mol. The van der Waals surface area contributed by atoms with E-state index in [1.165, 1.54) is 23.7 Å². The molecule has 4 aromatic rings. The lowest BCUT2D eigenvalue weighted by molar-refractivity contribution is 0.0692. The molecule has 41 heavy (non-hydrogen) atoms. The van der Waals surface area contributed by atoms with Crippen LogP contribution in [0.4, 0.5) is 4.79 Å². The first-order valence-electron chi connectivity index (χ1n) is 14.0. The van der Waals surface area contributed by atoms with E-state index in [9.17, 15) is 9.59 Å². The highest BCUT2D eigenvalue weighted by atomic mass is 32.1. The van der Waals surface area contributed by atoms with Gasteiger partial charge in [-0.25, -0.2) is 4.79 Å². The summed E-state index contributed by atoms with van der Waals surface area (Å²) < 4.78 is 9.22. The van der Waals surface area contributed by atoms with Crippen molar-refractivity contribution in [1.29, 1.82) is 0 Å². The monoisotopic (exact) mass is 572 g/mol. The van der Waals surface area contributed by atoms with Crippen LogP contribution in [0, 0.1) is 5.92 Å². The Balaban J connectivity index is 1.46. The minimum atomic E-state index is -1.08. The van der Waals surface area contributed by atoms with Crippen LogP contribution in [0.1, 0.15) is 41.6 Å². The Morgan fingerprint density at radius 2 is 2.05 bits per heavy atom. The molecule has 2 aromatic heterocycles. The second kappa shape index (κ2) is 11.3. The Bertz CT molecular complexity index is 1680. The summed E-state index contributed by atoms with van der Waals surface area (Å²) in [5.41, 5.74) is 12.9. The largest absolute Gasteiger partial charge is 0.496 e. The maximum atomic E-state index is 13.7. The molecular weight excluding hydrogens is 540 g/mol. The quantitative estimate of drug-likeness (QED) is 0.132. The van der Waals surface area contributed by atoms with Gasteiger partial charge in [0.25, 0.3) is 5.91 Å². The zero-order valence-corrected chi connectivity index (χ0v) is 23.7. The van der Waals surface area contributed by atoms with E-state index in [-0.39, 0.29) is 11.9 Å². The van der Waals surface area contributed by atoms with E-state index in [0.717, 1.165) is 39.2 Å². The van der Waals surface area contributed by atoms with Crippen molar-refractivity contribution in [3.05, 3.63) is 64.0 Å². The first kappa shape index (κ1) is 27.0. The van der Waals surface area contributed by atoms with E-state index >= 15 is 0 Å². The number of likely N-dealkylation sites (tertiary alicyclic amines) is 1. The molecule has 6 rings (SSSR count). The molecule has 1 atom stereocenters. The zero-order valence-electron chi connectivity index (χ0n) is 22.9. The van der Waals surface area contributed by atoms with Crippen LogP contribution in [0.2, 0.25) is 0 Å². The van der Waals surface area contributed by atoms with Crippen molar-refractivity contribution >= 4 is 44.3 Å². The number of carbonyl (C=O) groups excluding carboxylic acids is 1. The third kappa shape index (κ3) is 5.42. The number of azide groups is 1. The van der Waals surface area contributed by atoms with Gasteiger partial charge in [-0.05, 0) is 73.4 Å². The third-order valence-electron chi connectivity index (χ3n) is 8.06. The number of thiophene rings is 1. The Kier molecular flexibility index (Phi) is 7.47. The molecule has 212 valence electrons. The summed E-state index contributed by atoms with van der Waals surface area (Å²) >= 11 is 1.63. The van der Waals surface area contributed by atoms with Gasteiger partial charge in [-0.2, -0.15) is 0 Å². The van der Waals surface area contributed by atoms with Gasteiger partial charge in [0.05, 0.1) is 17.7 Å². The molecule has 0 unspecified atom stereocenters. The molecule has 11 heteroatoms. The molecule has 1 aliphatic heterocycles. The maximum absolute atomic E-state index is 13.7. The number of piperidine rings is 1. The lowest BCUT2D eigenvalue weighted by Crippen LogP contribution is -2.49. The lowest BCUT2D eigenvalue weighted by Gasteiger charge is -2.32. The SMILES string of the molecule is COc1cc(C(=O)N2CCC[C@@H](NC(=O)O)C2)cc2sc(-c3cc4ccccc4n3CC3CC3)c(CCN=[N+]=[N-])c12. The van der Waals surface area contributed by atoms with E-state index in [0.29, 0.717) is 49.7 Å². The van der Waals surface area contributed by atoms with Gasteiger partial charge < -0.3 is 24.6 Å². The van der Waals surface area contributed by atoms with E-state index in [2.05, 4.69) is 50.2 Å². The van der Waals surface area contributed by atoms with Crippen LogP contribution in [0.5, 0.6) is 5.75 Å². The molecule has 10 nitrogen and oxygen atoms in total. The van der Waals surface area contributed by atoms with Gasteiger partial charge in [0, 0.05) is 63.7 Å². The average Bonchev–Trinajstić information content (AvgIpc) is 3.62. The highest BCUT2D eigenvalue weighted by molar-refractivity contribution is 7.22. The summed E-state index contributed by atoms with van der Waals surface area (Å²) in [6, 6.07) is 14.1. The fourth-order valence-corrected chi connectivity index (χ4v) is 7.31. The number of amides is 2. The second-order valence-corrected chi connectivity index (χ2v) is 11.9. The van der Waals surface area contributed by atoms with Gasteiger partial charge in [-0.1, -0.05) is 23.3 Å². The van der Waals surface area contributed by atoms with Crippen molar-refractivity contribution < 1.29 is 19.4 Å². The molecule has 1 saturated carbocycles. The number of aromatic nitrogens is 1. The summed E-state index contributed by atoms with van der Waals surface area (Å²) in [7, 11) is 1.61. The Labute approximate surface area is 241 Å². The van der Waals surface area contributed by atoms with Crippen LogP contribution < -0.4 is 10.1 Å². The highest BCUT2D eigenvalue weighted by Crippen LogP contribution is 2.46. The van der Waals surface area contributed by atoms with E-state index in [4.69, 9.17) is 15.4 Å². The van der Waals surface area contributed by atoms with Gasteiger partial charge in [0.2, 0.25) is 0 Å². The standard InChI is InChI=1S/C30H32N6O4S/c1-40-25-14-20(29(37)35-12-4-6-21(17-35)33-30(38)39)15-26-27(25)22(10-11-32-34-31)28(41-26)24-13-19-5-2-3-7-23(19)36(24)16-18-8-9-18/h2-3,5,7,13-15,18,21,33H,4,6,8-12,16-17H2,1H3,(H,38,39)/t21-/m1/s1. The molecular formula is C30H32N6O4S. The van der Waals surface area contributed by atoms with Crippen molar-refractivity contribution in [3.63, 3.8) is 0 Å². The fourth-order valence-electron chi connectivity index (χ4n) is 5.98. The Morgan fingerprint density at radius 3 is 2.80 bits per heavy atom. The minimum absolute atomic E-state index is 0.143. The number of nitrogens with zero attached hydrogens (tertiary/aromatic N) is 5. The number of carboxylic acid groups (broad SMARTS) is 1. The van der Waals surface area contributed by atoms with Crippen LogP contribution in [0.25, 0.3) is 42.0 Å². The smallest absolute Gasteiger partial charge is 0.404 e. The molecule has 1 saturated heterocycles. The number of benzene rings is 2. The minimum Gasteiger partial charge on any atom is -0.496 e. The summed E-state index contributed by atoms with van der Waals surface area (Å²) in [5, 5.41) is 17.6. The zero-order chi connectivity index (χ0) is 28.5. The van der Waals surface area contributed by atoms with Crippen molar-refractivity contribution in [1.82, 2.24) is 14.8 Å². The molecule has 2 amide bonds. The normalized spacial score (nSPS) is 17.0. The van der Waals surface area contributed by atoms with Gasteiger partial charge in [0.1, 0.15) is 5.75 Å². The number of hydrogen-bond donors (Lipinski definition) is 2. The molecule has 3 heterocycles. The van der Waals surface area contributed by atoms with Crippen LogP contribution in [0.15, 0.2) is 47.6 Å². The van der Waals surface area contributed by atoms with E-state index < -0.39 is 6.09 Å². The number of hydrogen-bond acceptors (Lipinski definition) is 5. The second-order valence-electron chi connectivity index (χ2n) is 10.8. The van der Waals surface area contributed by atoms with Crippen molar-refractivity contribution in [2.75, 3.05) is 26.7 Å². The Hall–Kier alpha value is -4.21. The van der Waals surface area contributed by atoms with E-state index in [1.54, 1.807) is 29.4 Å². The van der Waals surface area contributed by atoms with Crippen LogP contribution >= 0.6 is 11.3 Å². The van der Waals surface area contributed by atoms with E-state index in [1.807, 2.05) is 6.07 Å². The average molecular weight is 573 g/mol. The number of nitrogens with one attached hydrogen (secondary N) is 1. The molecule has 2 fully saturated rings. The van der Waals surface area contributed by atoms with Crippen molar-refractivity contribution in [2.24, 2.45) is 11.0 Å². The first-order chi connectivity index (χ1) is 20.0. The third-order valence-corrected chi connectivity index (χ3v) is 9.26. The summed E-state index contributed by atoms with van der Waals surface area (Å²) in [5.74, 6) is 1.13. The number of carbonyl (C=O) groups is 2. The number of fused-ring (bicyclic) bond motifs is 2.